The summed E-state index contributed by atoms with van der Waals surface area (Å²) in [4.78, 5) is 17.6. The van der Waals surface area contributed by atoms with Crippen LogP contribution in [0.25, 0.3) is 20.8 Å². The molecular weight excluding hydrogens is 531 g/mol. The van der Waals surface area contributed by atoms with Gasteiger partial charge in [0.25, 0.3) is 0 Å². The number of pyridine rings is 1. The molecule has 4 atom stereocenters. The van der Waals surface area contributed by atoms with Gasteiger partial charge in [0.15, 0.2) is 9.84 Å². The first-order valence-corrected chi connectivity index (χ1v) is 14.4. The largest absolute Gasteiger partial charge is 0.390 e. The van der Waals surface area contributed by atoms with E-state index in [9.17, 15) is 23.0 Å². The molecule has 1 fully saturated rings. The fraction of sp³-hybridized carbons (Fsp3) is 0.360. The second-order valence-corrected chi connectivity index (χ2v) is 12.6. The van der Waals surface area contributed by atoms with Gasteiger partial charge in [0.1, 0.15) is 28.3 Å². The summed E-state index contributed by atoms with van der Waals surface area (Å²) in [5.74, 6) is -1.33. The van der Waals surface area contributed by atoms with E-state index in [4.69, 9.17) is 10.7 Å². The number of sulfone groups is 1. The second kappa shape index (κ2) is 9.80. The molecule has 0 amide bonds. The number of aliphatic hydroxyl groups excluding tert-OH is 2. The number of aromatic nitrogens is 4. The van der Waals surface area contributed by atoms with Crippen molar-refractivity contribution in [3.63, 3.8) is 0 Å². The van der Waals surface area contributed by atoms with Crippen LogP contribution in [0, 0.1) is 32.5 Å². The minimum atomic E-state index is -3.84. The predicted octanol–water partition coefficient (Wildman–Crippen LogP) is 2.79. The standard InChI is InChI=1S/C25H27FN6O4S2/c1-11-8-15(4-5-16(11)26)38(35,36)10-14-9-17(22(34)21(14)33)30-23-19(12(2)29-25(27)32-23)24-31-20-13(3)28-7-6-18(20)37-24/h4-8,14,17,21-22,33-34H,9-10H2,1-3H3,(H3,27,29,30,32)/t14-,17-,21-,22+/m1/s1. The SMILES string of the molecule is Cc1cc(S(=O)(=O)C[C@H]2C[C@@H](Nc3nc(N)nc(C)c3-c3nc4c(C)nccc4s3)[C@H](O)[C@@H]2O)ccc1F. The Labute approximate surface area is 222 Å². The van der Waals surface area contributed by atoms with Crippen molar-refractivity contribution in [3.8, 4) is 10.6 Å². The summed E-state index contributed by atoms with van der Waals surface area (Å²) in [5.41, 5.74) is 8.85. The second-order valence-electron chi connectivity index (χ2n) is 9.57. The topological polar surface area (TPSA) is 164 Å². The van der Waals surface area contributed by atoms with E-state index in [-0.39, 0.29) is 22.8 Å². The molecule has 5 N–H and O–H groups in total. The van der Waals surface area contributed by atoms with E-state index in [0.717, 1.165) is 22.0 Å². The predicted molar refractivity (Wildman–Crippen MR) is 143 cm³/mol. The highest BCUT2D eigenvalue weighted by Gasteiger charge is 2.44. The monoisotopic (exact) mass is 558 g/mol. The fourth-order valence-electron chi connectivity index (χ4n) is 4.84. The van der Waals surface area contributed by atoms with Crippen molar-refractivity contribution < 1.29 is 23.0 Å². The molecule has 13 heteroatoms. The summed E-state index contributed by atoms with van der Waals surface area (Å²) in [5, 5.41) is 25.4. The zero-order valence-corrected chi connectivity index (χ0v) is 22.5. The van der Waals surface area contributed by atoms with E-state index >= 15 is 0 Å². The molecule has 1 aromatic carbocycles. The molecule has 1 aliphatic rings. The van der Waals surface area contributed by atoms with Gasteiger partial charge in [-0.05, 0) is 57.0 Å². The van der Waals surface area contributed by atoms with Gasteiger partial charge in [-0.3, -0.25) is 4.98 Å². The first kappa shape index (κ1) is 26.4. The van der Waals surface area contributed by atoms with Crippen LogP contribution in [0.1, 0.15) is 23.4 Å². The first-order chi connectivity index (χ1) is 17.9. The number of aryl methyl sites for hydroxylation is 3. The Kier molecular flexibility index (Phi) is 6.80. The van der Waals surface area contributed by atoms with Gasteiger partial charge < -0.3 is 21.3 Å². The number of halogens is 1. The highest BCUT2D eigenvalue weighted by atomic mass is 32.2. The first-order valence-electron chi connectivity index (χ1n) is 11.9. The number of nitrogens with one attached hydrogen (secondary N) is 1. The van der Waals surface area contributed by atoms with E-state index in [0.29, 0.717) is 22.1 Å². The van der Waals surface area contributed by atoms with Crippen LogP contribution in [0.3, 0.4) is 0 Å². The molecule has 5 rings (SSSR count). The maximum Gasteiger partial charge on any atom is 0.222 e. The molecule has 1 saturated carbocycles. The molecule has 0 bridgehead atoms. The van der Waals surface area contributed by atoms with Crippen LogP contribution in [0.15, 0.2) is 35.4 Å². The van der Waals surface area contributed by atoms with Crippen molar-refractivity contribution in [2.24, 2.45) is 5.92 Å². The zero-order valence-electron chi connectivity index (χ0n) is 20.9. The third-order valence-electron chi connectivity index (χ3n) is 6.86. The maximum absolute atomic E-state index is 13.7. The highest BCUT2D eigenvalue weighted by molar-refractivity contribution is 7.91. The number of nitrogen functional groups attached to an aromatic ring is 1. The number of anilines is 2. The molecule has 3 heterocycles. The van der Waals surface area contributed by atoms with Gasteiger partial charge >= 0.3 is 0 Å². The number of nitrogens with zero attached hydrogens (tertiary/aromatic N) is 4. The smallest absolute Gasteiger partial charge is 0.222 e. The molecule has 200 valence electrons. The van der Waals surface area contributed by atoms with Crippen LogP contribution in [0.4, 0.5) is 16.2 Å². The Bertz CT molecular complexity index is 1640. The molecule has 1 aliphatic carbocycles. The lowest BCUT2D eigenvalue weighted by Gasteiger charge is -2.20. The molecule has 0 radical (unpaired) electrons. The number of rotatable bonds is 6. The lowest BCUT2D eigenvalue weighted by atomic mass is 10.1. The zero-order chi connectivity index (χ0) is 27.4. The number of fused-ring (bicyclic) bond motifs is 1. The summed E-state index contributed by atoms with van der Waals surface area (Å²) < 4.78 is 40.6. The molecule has 0 aliphatic heterocycles. The third kappa shape index (κ3) is 4.82. The maximum atomic E-state index is 13.7. The molecule has 0 saturated heterocycles. The summed E-state index contributed by atoms with van der Waals surface area (Å²) in [6, 6.07) is 4.74. The van der Waals surface area contributed by atoms with Crippen LogP contribution >= 0.6 is 11.3 Å². The van der Waals surface area contributed by atoms with E-state index < -0.39 is 45.6 Å². The Morgan fingerprint density at radius 2 is 1.87 bits per heavy atom. The number of hydrogen-bond donors (Lipinski definition) is 4. The van der Waals surface area contributed by atoms with Gasteiger partial charge in [-0.2, -0.15) is 4.98 Å². The number of hydrogen-bond acceptors (Lipinski definition) is 11. The van der Waals surface area contributed by atoms with Crippen LogP contribution in [0.2, 0.25) is 0 Å². The third-order valence-corrected chi connectivity index (χ3v) is 9.73. The van der Waals surface area contributed by atoms with Crippen molar-refractivity contribution in [1.29, 1.82) is 0 Å². The number of nitrogens with two attached hydrogens (primary N) is 1. The average molecular weight is 559 g/mol. The van der Waals surface area contributed by atoms with E-state index in [1.165, 1.54) is 30.4 Å². The molecule has 0 unspecified atom stereocenters. The Hall–Kier alpha value is -3.26. The van der Waals surface area contributed by atoms with Gasteiger partial charge in [0.05, 0.1) is 44.4 Å². The van der Waals surface area contributed by atoms with Crippen molar-refractivity contribution >= 4 is 43.2 Å². The fourth-order valence-corrected chi connectivity index (χ4v) is 7.67. The van der Waals surface area contributed by atoms with E-state index in [2.05, 4.69) is 20.3 Å². The van der Waals surface area contributed by atoms with E-state index in [1.54, 1.807) is 13.1 Å². The lowest BCUT2D eigenvalue weighted by molar-refractivity contribution is 0.0216. The quantitative estimate of drug-likeness (QED) is 0.259. The van der Waals surface area contributed by atoms with Gasteiger partial charge in [-0.15, -0.1) is 11.3 Å². The normalized spacial score (nSPS) is 21.7. The summed E-state index contributed by atoms with van der Waals surface area (Å²) >= 11 is 1.44. The summed E-state index contributed by atoms with van der Waals surface area (Å²) in [6.07, 6.45) is -0.712. The van der Waals surface area contributed by atoms with Gasteiger partial charge in [0.2, 0.25) is 5.95 Å². The van der Waals surface area contributed by atoms with Crippen LogP contribution < -0.4 is 11.1 Å². The van der Waals surface area contributed by atoms with Crippen LogP contribution in [0.5, 0.6) is 0 Å². The van der Waals surface area contributed by atoms with Gasteiger partial charge in [-0.1, -0.05) is 0 Å². The Morgan fingerprint density at radius 3 is 2.58 bits per heavy atom. The van der Waals surface area contributed by atoms with Crippen molar-refractivity contribution in [1.82, 2.24) is 19.9 Å². The van der Waals surface area contributed by atoms with E-state index in [1.807, 2.05) is 13.0 Å². The molecule has 38 heavy (non-hydrogen) atoms. The Balaban J connectivity index is 1.43. The summed E-state index contributed by atoms with van der Waals surface area (Å²) in [7, 11) is -3.84. The molecule has 4 aromatic rings. The minimum Gasteiger partial charge on any atom is -0.390 e. The van der Waals surface area contributed by atoms with Crippen molar-refractivity contribution in [2.45, 2.75) is 50.3 Å². The molecule has 0 spiro atoms. The summed E-state index contributed by atoms with van der Waals surface area (Å²) in [6.45, 7) is 5.13. The molecular formula is C25H27FN6O4S2. The lowest BCUT2D eigenvalue weighted by Crippen LogP contribution is -2.36. The van der Waals surface area contributed by atoms with Crippen LogP contribution in [-0.2, 0) is 9.84 Å². The number of aliphatic hydroxyl groups is 2. The Morgan fingerprint density at radius 1 is 1.11 bits per heavy atom. The minimum absolute atomic E-state index is 0.0200. The van der Waals surface area contributed by atoms with Crippen molar-refractivity contribution in [3.05, 3.63) is 53.2 Å². The van der Waals surface area contributed by atoms with Crippen molar-refractivity contribution in [2.75, 3.05) is 16.8 Å². The average Bonchev–Trinajstić information content (AvgIpc) is 3.38. The number of thiazole rings is 1. The number of benzene rings is 1. The van der Waals surface area contributed by atoms with Crippen LogP contribution in [-0.4, -0.2) is 62.6 Å². The molecule has 10 nitrogen and oxygen atoms in total. The van der Waals surface area contributed by atoms with Gasteiger partial charge in [0, 0.05) is 12.1 Å². The molecule has 3 aromatic heterocycles. The van der Waals surface area contributed by atoms with Gasteiger partial charge in [-0.25, -0.2) is 22.8 Å². The highest BCUT2D eigenvalue weighted by Crippen LogP contribution is 2.38.